The lowest BCUT2D eigenvalue weighted by molar-refractivity contribution is 0.475. The molecule has 12 heavy (non-hydrogen) atoms. The zero-order valence-corrected chi connectivity index (χ0v) is 7.18. The molecule has 0 aliphatic rings. The first-order valence-corrected chi connectivity index (χ1v) is 3.71. The largest absolute Gasteiger partial charge is 0.508 e. The minimum atomic E-state index is 0.212. The van der Waals surface area contributed by atoms with E-state index in [1.54, 1.807) is 32.2 Å². The molecule has 0 aliphatic carbocycles. The van der Waals surface area contributed by atoms with E-state index in [1.165, 1.54) is 0 Å². The van der Waals surface area contributed by atoms with Gasteiger partial charge in [0, 0.05) is 30.1 Å². The van der Waals surface area contributed by atoms with Crippen LogP contribution in [0.25, 0.3) is 0 Å². The summed E-state index contributed by atoms with van der Waals surface area (Å²) < 4.78 is 0. The molecule has 0 amide bonds. The molecule has 0 aliphatic heterocycles. The van der Waals surface area contributed by atoms with Gasteiger partial charge in [0.25, 0.3) is 0 Å². The fourth-order valence-corrected chi connectivity index (χ4v) is 1.07. The fourth-order valence-electron chi connectivity index (χ4n) is 1.07. The van der Waals surface area contributed by atoms with Crippen molar-refractivity contribution in [3.05, 3.63) is 23.8 Å². The normalized spacial score (nSPS) is 9.50. The second-order valence-corrected chi connectivity index (χ2v) is 2.60. The molecular formula is C9H12N2O. The minimum Gasteiger partial charge on any atom is -0.508 e. The number of phenols is 1. The Labute approximate surface area is 71.6 Å². The molecule has 3 N–H and O–H groups in total. The molecule has 0 aromatic heterocycles. The molecule has 1 rings (SSSR count). The Balaban J connectivity index is 3.20. The summed E-state index contributed by atoms with van der Waals surface area (Å²) in [6.07, 6.45) is 0. The van der Waals surface area contributed by atoms with Crippen LogP contribution in [0.1, 0.15) is 12.5 Å². The predicted octanol–water partition coefficient (Wildman–Crippen LogP) is 1.82. The number of rotatable bonds is 2. The average Bonchev–Trinajstić information content (AvgIpc) is 2.03. The number of phenolic OH excluding ortho intramolecular Hbond substituents is 1. The Bertz CT molecular complexity index is 307. The lowest BCUT2D eigenvalue weighted by Gasteiger charge is -2.07. The second kappa shape index (κ2) is 3.26. The Kier molecular flexibility index (Phi) is 2.33. The zero-order valence-electron chi connectivity index (χ0n) is 7.18. The van der Waals surface area contributed by atoms with E-state index in [1.807, 2.05) is 0 Å². The summed E-state index contributed by atoms with van der Waals surface area (Å²) in [7, 11) is 1.77. The Morgan fingerprint density at radius 3 is 2.67 bits per heavy atom. The predicted molar refractivity (Wildman–Crippen MR) is 50.2 cm³/mol. The van der Waals surface area contributed by atoms with Crippen molar-refractivity contribution in [2.45, 2.75) is 6.92 Å². The summed E-state index contributed by atoms with van der Waals surface area (Å²) in [6, 6.07) is 4.91. The maximum Gasteiger partial charge on any atom is 0.117 e. The smallest absolute Gasteiger partial charge is 0.117 e. The number of nitrogens with one attached hydrogen (secondary N) is 2. The molecule has 1 aromatic carbocycles. The first-order valence-electron chi connectivity index (χ1n) is 3.71. The highest BCUT2D eigenvalue weighted by Crippen LogP contribution is 2.21. The Morgan fingerprint density at radius 1 is 1.50 bits per heavy atom. The van der Waals surface area contributed by atoms with Crippen LogP contribution < -0.4 is 5.32 Å². The van der Waals surface area contributed by atoms with Crippen molar-refractivity contribution in [2.24, 2.45) is 0 Å². The zero-order chi connectivity index (χ0) is 9.14. The monoisotopic (exact) mass is 164 g/mol. The summed E-state index contributed by atoms with van der Waals surface area (Å²) in [5, 5.41) is 19.5. The maximum absolute atomic E-state index is 9.14. The van der Waals surface area contributed by atoms with E-state index in [0.717, 1.165) is 11.3 Å². The van der Waals surface area contributed by atoms with Gasteiger partial charge in [0.2, 0.25) is 0 Å². The van der Waals surface area contributed by atoms with Gasteiger partial charge in [0.05, 0.1) is 0 Å². The highest BCUT2D eigenvalue weighted by molar-refractivity contribution is 6.01. The van der Waals surface area contributed by atoms with Crippen LogP contribution in [-0.4, -0.2) is 17.9 Å². The lowest BCUT2D eigenvalue weighted by atomic mass is 10.1. The van der Waals surface area contributed by atoms with Crippen molar-refractivity contribution in [1.82, 2.24) is 0 Å². The van der Waals surface area contributed by atoms with Crippen molar-refractivity contribution < 1.29 is 5.11 Å². The first-order chi connectivity index (χ1) is 5.65. The third-order valence-corrected chi connectivity index (χ3v) is 1.68. The minimum absolute atomic E-state index is 0.212. The van der Waals surface area contributed by atoms with Crippen LogP contribution in [0.3, 0.4) is 0 Å². The van der Waals surface area contributed by atoms with Gasteiger partial charge in [-0.3, -0.25) is 0 Å². The van der Waals surface area contributed by atoms with Crippen LogP contribution in [0.15, 0.2) is 18.2 Å². The highest BCUT2D eigenvalue weighted by Gasteiger charge is 2.02. The van der Waals surface area contributed by atoms with Gasteiger partial charge in [0.15, 0.2) is 0 Å². The summed E-state index contributed by atoms with van der Waals surface area (Å²) >= 11 is 0. The number of benzene rings is 1. The van der Waals surface area contributed by atoms with Gasteiger partial charge in [-0.1, -0.05) is 0 Å². The SMILES string of the molecule is CNc1cc(O)ccc1C(C)=N. The lowest BCUT2D eigenvalue weighted by Crippen LogP contribution is -1.99. The van der Waals surface area contributed by atoms with E-state index in [0.29, 0.717) is 5.71 Å². The van der Waals surface area contributed by atoms with Gasteiger partial charge in [0.1, 0.15) is 5.75 Å². The van der Waals surface area contributed by atoms with E-state index < -0.39 is 0 Å². The van der Waals surface area contributed by atoms with Gasteiger partial charge >= 0.3 is 0 Å². The van der Waals surface area contributed by atoms with Gasteiger partial charge < -0.3 is 15.8 Å². The van der Waals surface area contributed by atoms with E-state index in [4.69, 9.17) is 10.5 Å². The molecule has 0 saturated carbocycles. The maximum atomic E-state index is 9.14. The third-order valence-electron chi connectivity index (χ3n) is 1.68. The van der Waals surface area contributed by atoms with Gasteiger partial charge in [-0.25, -0.2) is 0 Å². The second-order valence-electron chi connectivity index (χ2n) is 2.60. The topological polar surface area (TPSA) is 56.1 Å². The molecule has 0 saturated heterocycles. The molecule has 3 heteroatoms. The van der Waals surface area contributed by atoms with Gasteiger partial charge in [-0.15, -0.1) is 0 Å². The third kappa shape index (κ3) is 1.56. The van der Waals surface area contributed by atoms with Crippen molar-refractivity contribution in [3.8, 4) is 5.75 Å². The standard InChI is InChI=1S/C9H12N2O/c1-6(10)8-4-3-7(12)5-9(8)11-2/h3-5,10-12H,1-2H3. The molecule has 0 fully saturated rings. The van der Waals surface area contributed by atoms with E-state index in [-0.39, 0.29) is 5.75 Å². The number of hydrogen-bond acceptors (Lipinski definition) is 3. The van der Waals surface area contributed by atoms with Crippen LogP contribution in [0, 0.1) is 5.41 Å². The van der Waals surface area contributed by atoms with Crippen molar-refractivity contribution in [3.63, 3.8) is 0 Å². The number of anilines is 1. The molecule has 3 nitrogen and oxygen atoms in total. The quantitative estimate of drug-likeness (QED) is 0.584. The molecular weight excluding hydrogens is 152 g/mol. The molecule has 0 bridgehead atoms. The molecule has 0 heterocycles. The molecule has 0 radical (unpaired) electrons. The summed E-state index contributed by atoms with van der Waals surface area (Å²) in [4.78, 5) is 0. The summed E-state index contributed by atoms with van der Waals surface area (Å²) in [6.45, 7) is 1.72. The van der Waals surface area contributed by atoms with Crippen molar-refractivity contribution >= 4 is 11.4 Å². The van der Waals surface area contributed by atoms with E-state index in [2.05, 4.69) is 5.32 Å². The molecule has 64 valence electrons. The van der Waals surface area contributed by atoms with Crippen molar-refractivity contribution in [2.75, 3.05) is 12.4 Å². The van der Waals surface area contributed by atoms with Gasteiger partial charge in [-0.2, -0.15) is 0 Å². The fraction of sp³-hybridized carbons (Fsp3) is 0.222. The molecule has 0 unspecified atom stereocenters. The van der Waals surface area contributed by atoms with Crippen LogP contribution in [0.4, 0.5) is 5.69 Å². The van der Waals surface area contributed by atoms with Crippen LogP contribution >= 0.6 is 0 Å². The number of aromatic hydroxyl groups is 1. The molecule has 0 atom stereocenters. The van der Waals surface area contributed by atoms with Crippen LogP contribution in [0.5, 0.6) is 5.75 Å². The molecule has 0 spiro atoms. The van der Waals surface area contributed by atoms with Crippen LogP contribution in [0.2, 0.25) is 0 Å². The average molecular weight is 164 g/mol. The Hall–Kier alpha value is -1.51. The van der Waals surface area contributed by atoms with Crippen molar-refractivity contribution in [1.29, 1.82) is 5.41 Å². The summed E-state index contributed by atoms with van der Waals surface area (Å²) in [5.41, 5.74) is 2.08. The highest BCUT2D eigenvalue weighted by atomic mass is 16.3. The van der Waals surface area contributed by atoms with Crippen LogP contribution in [-0.2, 0) is 0 Å². The van der Waals surface area contributed by atoms with E-state index in [9.17, 15) is 0 Å². The van der Waals surface area contributed by atoms with E-state index >= 15 is 0 Å². The summed E-state index contributed by atoms with van der Waals surface area (Å²) in [5.74, 6) is 0.212. The number of hydrogen-bond donors (Lipinski definition) is 3. The van der Waals surface area contributed by atoms with Gasteiger partial charge in [-0.05, 0) is 19.1 Å². The Morgan fingerprint density at radius 2 is 2.17 bits per heavy atom. The molecule has 1 aromatic rings. The first kappa shape index (κ1) is 8.59.